The van der Waals surface area contributed by atoms with Gasteiger partial charge in [0.2, 0.25) is 5.91 Å². The summed E-state index contributed by atoms with van der Waals surface area (Å²) < 4.78 is 0. The van der Waals surface area contributed by atoms with Gasteiger partial charge < -0.3 is 5.32 Å². The Labute approximate surface area is 179 Å². The fourth-order valence-electron chi connectivity index (χ4n) is 3.31. The Balaban J connectivity index is 1.47. The predicted octanol–water partition coefficient (Wildman–Crippen LogP) is 5.39. The van der Waals surface area contributed by atoms with Crippen molar-refractivity contribution in [2.75, 3.05) is 6.54 Å². The second kappa shape index (κ2) is 9.65. The molecule has 0 saturated carbocycles. The molecule has 0 saturated heterocycles. The van der Waals surface area contributed by atoms with Gasteiger partial charge in [-0.1, -0.05) is 72.8 Å². The Morgan fingerprint density at radius 1 is 0.690 bits per heavy atom. The van der Waals surface area contributed by atoms with E-state index in [1.54, 1.807) is 22.7 Å². The molecule has 0 aliphatic carbocycles. The van der Waals surface area contributed by atoms with Crippen LogP contribution >= 0.6 is 22.7 Å². The highest BCUT2D eigenvalue weighted by atomic mass is 32.1. The van der Waals surface area contributed by atoms with Gasteiger partial charge in [-0.15, -0.1) is 22.7 Å². The summed E-state index contributed by atoms with van der Waals surface area (Å²) in [7, 11) is 0. The fourth-order valence-corrected chi connectivity index (χ4v) is 4.94. The lowest BCUT2D eigenvalue weighted by Gasteiger charge is -2.21. The molecule has 0 spiro atoms. The van der Waals surface area contributed by atoms with Gasteiger partial charge in [0.1, 0.15) is 0 Å². The minimum atomic E-state index is -0.137. The van der Waals surface area contributed by atoms with Crippen LogP contribution in [0.4, 0.5) is 0 Å². The zero-order valence-corrected chi connectivity index (χ0v) is 17.5. The summed E-state index contributed by atoms with van der Waals surface area (Å²) in [6, 6.07) is 28.4. The number of hydrogen-bond donors (Lipinski definition) is 2. The largest absolute Gasteiger partial charge is 0.343 e. The first kappa shape index (κ1) is 19.6. The molecule has 5 heteroatoms. The second-order valence-electron chi connectivity index (χ2n) is 6.67. The fraction of sp³-hybridized carbons (Fsp3) is 0.125. The summed E-state index contributed by atoms with van der Waals surface area (Å²) in [5.74, 6) is -0.0234. The molecule has 0 aliphatic heterocycles. The Bertz CT molecular complexity index is 1000. The van der Waals surface area contributed by atoms with Gasteiger partial charge in [0.05, 0.1) is 18.6 Å². The van der Waals surface area contributed by atoms with Gasteiger partial charge in [-0.05, 0) is 34.0 Å². The van der Waals surface area contributed by atoms with Crippen molar-refractivity contribution >= 4 is 28.6 Å². The molecular weight excluding hydrogens is 396 g/mol. The molecule has 2 aromatic carbocycles. The summed E-state index contributed by atoms with van der Waals surface area (Å²) in [6.07, 6.45) is 0. The number of benzene rings is 2. The van der Waals surface area contributed by atoms with Crippen molar-refractivity contribution in [1.82, 2.24) is 10.6 Å². The van der Waals surface area contributed by atoms with Crippen molar-refractivity contribution in [1.29, 1.82) is 0 Å². The molecule has 4 aromatic rings. The lowest BCUT2D eigenvalue weighted by atomic mass is 10.0. The number of hydrogen-bond acceptors (Lipinski definition) is 4. The zero-order valence-electron chi connectivity index (χ0n) is 15.8. The normalized spacial score (nSPS) is 13.0. The van der Waals surface area contributed by atoms with Crippen LogP contribution < -0.4 is 10.6 Å². The third-order valence-electron chi connectivity index (χ3n) is 4.69. The van der Waals surface area contributed by atoms with Crippen LogP contribution in [-0.2, 0) is 4.79 Å². The molecule has 0 radical (unpaired) electrons. The highest BCUT2D eigenvalue weighted by Crippen LogP contribution is 2.27. The number of carbonyl (C=O) groups is 1. The number of amides is 1. The van der Waals surface area contributed by atoms with E-state index >= 15 is 0 Å². The summed E-state index contributed by atoms with van der Waals surface area (Å²) >= 11 is 3.35. The molecule has 0 bridgehead atoms. The van der Waals surface area contributed by atoms with Crippen molar-refractivity contribution in [2.45, 2.75) is 12.1 Å². The minimum Gasteiger partial charge on any atom is -0.343 e. The molecular formula is C24H22N2OS2. The standard InChI is InChI=1S/C24H22N2OS2/c27-22(26-24(21-14-8-16-29-21)19-11-5-2-6-12-19)17-25-23(20-13-7-15-28-20)18-9-3-1-4-10-18/h1-16,23-25H,17H2,(H,26,27)/t23-,24+/m0/s1. The monoisotopic (exact) mass is 418 g/mol. The van der Waals surface area contributed by atoms with E-state index < -0.39 is 0 Å². The van der Waals surface area contributed by atoms with E-state index in [0.29, 0.717) is 0 Å². The number of rotatable bonds is 8. The Morgan fingerprint density at radius 2 is 1.21 bits per heavy atom. The van der Waals surface area contributed by atoms with Gasteiger partial charge in [0.25, 0.3) is 0 Å². The minimum absolute atomic E-state index is 0.00105. The highest BCUT2D eigenvalue weighted by Gasteiger charge is 2.20. The lowest BCUT2D eigenvalue weighted by Crippen LogP contribution is -2.38. The molecule has 3 nitrogen and oxygen atoms in total. The summed E-state index contributed by atoms with van der Waals surface area (Å²) in [6.45, 7) is 0.242. The maximum absolute atomic E-state index is 12.9. The Morgan fingerprint density at radius 3 is 1.72 bits per heavy atom. The quantitative estimate of drug-likeness (QED) is 0.403. The molecule has 2 N–H and O–H groups in total. The Hall–Kier alpha value is -2.73. The van der Waals surface area contributed by atoms with Crippen LogP contribution in [0.5, 0.6) is 0 Å². The van der Waals surface area contributed by atoms with E-state index in [2.05, 4.69) is 52.4 Å². The van der Waals surface area contributed by atoms with Crippen molar-refractivity contribution < 1.29 is 4.79 Å². The number of carbonyl (C=O) groups excluding carboxylic acids is 1. The van der Waals surface area contributed by atoms with Gasteiger partial charge >= 0.3 is 0 Å². The molecule has 146 valence electrons. The van der Waals surface area contributed by atoms with Crippen molar-refractivity contribution in [2.24, 2.45) is 0 Å². The first-order valence-corrected chi connectivity index (χ1v) is 11.3. The molecule has 2 aromatic heterocycles. The third-order valence-corrected chi connectivity index (χ3v) is 6.57. The first-order valence-electron chi connectivity index (χ1n) is 9.50. The van der Waals surface area contributed by atoms with E-state index in [0.717, 1.165) is 16.0 Å². The van der Waals surface area contributed by atoms with Gasteiger partial charge in [0, 0.05) is 9.75 Å². The van der Waals surface area contributed by atoms with Crippen LogP contribution in [0.25, 0.3) is 0 Å². The van der Waals surface area contributed by atoms with Crippen LogP contribution in [0.1, 0.15) is 33.0 Å². The third kappa shape index (κ3) is 5.01. The lowest BCUT2D eigenvalue weighted by molar-refractivity contribution is -0.120. The SMILES string of the molecule is O=C(CN[C@@H](c1ccccc1)c1cccs1)N[C@H](c1ccccc1)c1cccs1. The summed E-state index contributed by atoms with van der Waals surface area (Å²) in [5.41, 5.74) is 2.24. The smallest absolute Gasteiger partial charge is 0.234 e. The van der Waals surface area contributed by atoms with Crippen molar-refractivity contribution in [3.8, 4) is 0 Å². The topological polar surface area (TPSA) is 41.1 Å². The summed E-state index contributed by atoms with van der Waals surface area (Å²) in [5, 5.41) is 10.7. The molecule has 2 heterocycles. The van der Waals surface area contributed by atoms with E-state index in [4.69, 9.17) is 0 Å². The van der Waals surface area contributed by atoms with Gasteiger partial charge in [-0.2, -0.15) is 0 Å². The number of thiophene rings is 2. The van der Waals surface area contributed by atoms with E-state index in [-0.39, 0.29) is 24.5 Å². The predicted molar refractivity (Wildman–Crippen MR) is 121 cm³/mol. The molecule has 2 atom stereocenters. The average molecular weight is 419 g/mol. The van der Waals surface area contributed by atoms with E-state index in [9.17, 15) is 4.79 Å². The molecule has 1 amide bonds. The van der Waals surface area contributed by atoms with Crippen molar-refractivity contribution in [3.63, 3.8) is 0 Å². The Kier molecular flexibility index (Phi) is 6.52. The molecule has 29 heavy (non-hydrogen) atoms. The molecule has 0 fully saturated rings. The van der Waals surface area contributed by atoms with E-state index in [1.807, 2.05) is 53.9 Å². The highest BCUT2D eigenvalue weighted by molar-refractivity contribution is 7.10. The summed E-state index contributed by atoms with van der Waals surface area (Å²) in [4.78, 5) is 15.2. The van der Waals surface area contributed by atoms with Crippen LogP contribution in [0.2, 0.25) is 0 Å². The molecule has 4 rings (SSSR count). The van der Waals surface area contributed by atoms with Gasteiger partial charge in [-0.3, -0.25) is 10.1 Å². The van der Waals surface area contributed by atoms with Crippen LogP contribution in [0.3, 0.4) is 0 Å². The van der Waals surface area contributed by atoms with Crippen LogP contribution in [-0.4, -0.2) is 12.5 Å². The zero-order chi connectivity index (χ0) is 19.9. The average Bonchev–Trinajstić information content (AvgIpc) is 3.48. The first-order chi connectivity index (χ1) is 14.3. The van der Waals surface area contributed by atoms with Crippen LogP contribution in [0.15, 0.2) is 95.7 Å². The van der Waals surface area contributed by atoms with Gasteiger partial charge in [0.15, 0.2) is 0 Å². The second-order valence-corrected chi connectivity index (χ2v) is 8.63. The molecule has 0 aliphatic rings. The number of nitrogens with one attached hydrogen (secondary N) is 2. The molecule has 0 unspecified atom stereocenters. The maximum atomic E-state index is 12.9. The maximum Gasteiger partial charge on any atom is 0.234 e. The van der Waals surface area contributed by atoms with Crippen LogP contribution in [0, 0.1) is 0 Å². The van der Waals surface area contributed by atoms with Gasteiger partial charge in [-0.25, -0.2) is 0 Å². The van der Waals surface area contributed by atoms with E-state index in [1.165, 1.54) is 4.88 Å². The van der Waals surface area contributed by atoms with Crippen molar-refractivity contribution in [3.05, 3.63) is 117 Å².